The lowest BCUT2D eigenvalue weighted by Gasteiger charge is -2.35. The van der Waals surface area contributed by atoms with Gasteiger partial charge in [0.25, 0.3) is 0 Å². The van der Waals surface area contributed by atoms with Gasteiger partial charge in [0.05, 0.1) is 22.5 Å². The first kappa shape index (κ1) is 26.8. The summed E-state index contributed by atoms with van der Waals surface area (Å²) in [5.41, 5.74) is 0.850. The van der Waals surface area contributed by atoms with Gasteiger partial charge in [0.2, 0.25) is 11.8 Å². The SMILES string of the molecule is C=CC(=O)N1CCN(c2nc(O[C@@H]3CN(C)CC3C3CC3)nc3c(Oc4c(Cl)c(F)cc5[nH]ncc45)nccc23)CC1. The number of hydrogen-bond donors (Lipinski definition) is 1. The number of aromatic nitrogens is 5. The Kier molecular flexibility index (Phi) is 6.82. The average Bonchev–Trinajstić information content (AvgIpc) is 3.63. The van der Waals surface area contributed by atoms with Crippen molar-refractivity contribution in [1.82, 2.24) is 34.9 Å². The maximum absolute atomic E-state index is 14.7. The number of carbonyl (C=O) groups is 1. The van der Waals surface area contributed by atoms with Gasteiger partial charge in [-0.3, -0.25) is 9.89 Å². The Labute approximate surface area is 246 Å². The molecule has 2 saturated heterocycles. The topological polar surface area (TPSA) is 113 Å². The molecule has 218 valence electrons. The van der Waals surface area contributed by atoms with Crippen LogP contribution in [0.3, 0.4) is 0 Å². The number of benzene rings is 1. The highest BCUT2D eigenvalue weighted by Gasteiger charge is 2.43. The highest BCUT2D eigenvalue weighted by atomic mass is 35.5. The highest BCUT2D eigenvalue weighted by Crippen LogP contribution is 2.43. The minimum Gasteiger partial charge on any atom is -0.458 e. The average molecular weight is 593 g/mol. The third-order valence-electron chi connectivity index (χ3n) is 8.37. The largest absolute Gasteiger partial charge is 0.458 e. The second kappa shape index (κ2) is 10.7. The number of halogens is 2. The van der Waals surface area contributed by atoms with E-state index in [1.807, 2.05) is 6.07 Å². The summed E-state index contributed by atoms with van der Waals surface area (Å²) < 4.78 is 27.4. The summed E-state index contributed by atoms with van der Waals surface area (Å²) >= 11 is 6.37. The van der Waals surface area contributed by atoms with Crippen LogP contribution in [0.4, 0.5) is 10.2 Å². The fourth-order valence-electron chi connectivity index (χ4n) is 6.06. The van der Waals surface area contributed by atoms with Gasteiger partial charge in [-0.1, -0.05) is 18.2 Å². The number of anilines is 1. The van der Waals surface area contributed by atoms with Crippen molar-refractivity contribution >= 4 is 45.1 Å². The Morgan fingerprint density at radius 3 is 2.76 bits per heavy atom. The van der Waals surface area contributed by atoms with Gasteiger partial charge in [-0.25, -0.2) is 9.37 Å². The number of likely N-dealkylation sites (tertiary alicyclic amines) is 1. The second-order valence-corrected chi connectivity index (χ2v) is 11.6. The lowest BCUT2D eigenvalue weighted by atomic mass is 10.0. The Hall–Kier alpha value is -4.03. The van der Waals surface area contributed by atoms with E-state index in [1.165, 1.54) is 31.2 Å². The van der Waals surface area contributed by atoms with Crippen molar-refractivity contribution in [3.63, 3.8) is 0 Å². The third-order valence-corrected chi connectivity index (χ3v) is 8.73. The number of nitrogens with one attached hydrogen (secondary N) is 1. The van der Waals surface area contributed by atoms with Gasteiger partial charge in [-0.05, 0) is 37.9 Å². The molecule has 3 aromatic heterocycles. The van der Waals surface area contributed by atoms with E-state index in [0.717, 1.165) is 13.1 Å². The smallest absolute Gasteiger partial charge is 0.319 e. The van der Waals surface area contributed by atoms with Crippen LogP contribution in [-0.2, 0) is 4.79 Å². The van der Waals surface area contributed by atoms with E-state index in [-0.39, 0.29) is 34.7 Å². The van der Waals surface area contributed by atoms with Crippen molar-refractivity contribution in [2.24, 2.45) is 11.8 Å². The first-order valence-corrected chi connectivity index (χ1v) is 14.4. The van der Waals surface area contributed by atoms with Crippen LogP contribution in [0.5, 0.6) is 17.6 Å². The minimum absolute atomic E-state index is 0.0425. The number of piperazine rings is 1. The summed E-state index contributed by atoms with van der Waals surface area (Å²) in [4.78, 5) is 32.5. The van der Waals surface area contributed by atoms with Gasteiger partial charge in [0.15, 0.2) is 5.75 Å². The molecule has 1 amide bonds. The number of aromatic amines is 1. The van der Waals surface area contributed by atoms with Crippen LogP contribution in [-0.4, -0.2) is 93.3 Å². The van der Waals surface area contributed by atoms with Crippen LogP contribution < -0.4 is 14.4 Å². The zero-order valence-electron chi connectivity index (χ0n) is 23.1. The van der Waals surface area contributed by atoms with Crippen LogP contribution in [0.2, 0.25) is 5.02 Å². The van der Waals surface area contributed by atoms with Crippen LogP contribution in [0, 0.1) is 17.7 Å². The van der Waals surface area contributed by atoms with Crippen LogP contribution in [0.1, 0.15) is 12.8 Å². The highest BCUT2D eigenvalue weighted by molar-refractivity contribution is 6.33. The predicted octanol–water partition coefficient (Wildman–Crippen LogP) is 4.04. The number of carbonyl (C=O) groups excluding carboxylic acids is 1. The van der Waals surface area contributed by atoms with Gasteiger partial charge >= 0.3 is 6.01 Å². The molecule has 0 bridgehead atoms. The van der Waals surface area contributed by atoms with Crippen molar-refractivity contribution in [3.05, 3.63) is 48.0 Å². The molecule has 11 nitrogen and oxygen atoms in total. The normalized spacial score (nSPS) is 21.3. The number of fused-ring (bicyclic) bond motifs is 2. The van der Waals surface area contributed by atoms with Crippen molar-refractivity contribution in [1.29, 1.82) is 0 Å². The molecule has 13 heteroatoms. The molecule has 1 saturated carbocycles. The molecular formula is C29H30ClFN8O3. The Bertz CT molecular complexity index is 1690. The van der Waals surface area contributed by atoms with E-state index in [4.69, 9.17) is 31.0 Å². The summed E-state index contributed by atoms with van der Waals surface area (Å²) in [6, 6.07) is 3.32. The molecule has 2 aliphatic heterocycles. The van der Waals surface area contributed by atoms with Gasteiger partial charge < -0.3 is 24.2 Å². The molecule has 1 aromatic carbocycles. The molecule has 7 rings (SSSR count). The molecule has 4 aromatic rings. The lowest BCUT2D eigenvalue weighted by molar-refractivity contribution is -0.126. The maximum Gasteiger partial charge on any atom is 0.319 e. The van der Waals surface area contributed by atoms with Crippen molar-refractivity contribution in [2.75, 3.05) is 51.2 Å². The van der Waals surface area contributed by atoms with Crippen molar-refractivity contribution in [2.45, 2.75) is 18.9 Å². The molecule has 42 heavy (non-hydrogen) atoms. The lowest BCUT2D eigenvalue weighted by Crippen LogP contribution is -2.48. The van der Waals surface area contributed by atoms with Crippen LogP contribution >= 0.6 is 11.6 Å². The summed E-state index contributed by atoms with van der Waals surface area (Å²) in [7, 11) is 2.10. The number of ether oxygens (including phenoxy) is 2. The molecule has 0 spiro atoms. The first-order valence-electron chi connectivity index (χ1n) is 14.1. The van der Waals surface area contributed by atoms with E-state index < -0.39 is 5.82 Å². The Balaban J connectivity index is 1.30. The number of amides is 1. The van der Waals surface area contributed by atoms with Crippen LogP contribution in [0.25, 0.3) is 21.8 Å². The second-order valence-electron chi connectivity index (χ2n) is 11.2. The van der Waals surface area contributed by atoms with E-state index in [2.05, 4.69) is 38.6 Å². The minimum atomic E-state index is -0.647. The zero-order chi connectivity index (χ0) is 29.0. The van der Waals surface area contributed by atoms with Gasteiger partial charge in [-0.15, -0.1) is 0 Å². The molecule has 0 radical (unpaired) electrons. The predicted molar refractivity (Wildman–Crippen MR) is 156 cm³/mol. The summed E-state index contributed by atoms with van der Waals surface area (Å²) in [5.74, 6) is 1.21. The molecule has 1 unspecified atom stereocenters. The number of rotatable bonds is 7. The van der Waals surface area contributed by atoms with E-state index >= 15 is 0 Å². The molecule has 2 atom stereocenters. The number of pyridine rings is 1. The summed E-state index contributed by atoms with van der Waals surface area (Å²) in [6.45, 7) is 7.54. The first-order chi connectivity index (χ1) is 20.4. The standard InChI is InChI=1S/C29H30ClFN8O3/c1-3-23(40)38-8-10-39(11-9-38)27-17-6-7-32-28(42-26-18-13-33-36-21(18)12-20(31)24(26)30)25(17)34-29(35-27)41-22-15-37(2)14-19(22)16-4-5-16/h3,6-7,12-13,16,19,22H,1,4-5,8-11,14-15H2,2H3,(H,33,36)/t19?,22-/m1/s1. The van der Waals surface area contributed by atoms with E-state index in [0.29, 0.717) is 65.6 Å². The monoisotopic (exact) mass is 592 g/mol. The fraction of sp³-hybridized carbons (Fsp3) is 0.414. The molecule has 5 heterocycles. The fourth-order valence-corrected chi connectivity index (χ4v) is 6.26. The Morgan fingerprint density at radius 2 is 2.00 bits per heavy atom. The quantitative estimate of drug-likeness (QED) is 0.318. The van der Waals surface area contributed by atoms with Gasteiger partial charge in [-0.2, -0.15) is 15.1 Å². The van der Waals surface area contributed by atoms with Crippen molar-refractivity contribution in [3.8, 4) is 17.6 Å². The molecule has 1 N–H and O–H groups in total. The number of H-pyrrole nitrogens is 1. The van der Waals surface area contributed by atoms with Gasteiger partial charge in [0, 0.05) is 57.4 Å². The zero-order valence-corrected chi connectivity index (χ0v) is 23.8. The number of nitrogens with zero attached hydrogens (tertiary/aromatic N) is 7. The van der Waals surface area contributed by atoms with E-state index in [9.17, 15) is 9.18 Å². The van der Waals surface area contributed by atoms with Gasteiger partial charge in [0.1, 0.15) is 28.3 Å². The molecule has 3 aliphatic rings. The third kappa shape index (κ3) is 4.88. The molecule has 1 aliphatic carbocycles. The molecular weight excluding hydrogens is 563 g/mol. The summed E-state index contributed by atoms with van der Waals surface area (Å²) in [6.07, 6.45) is 6.84. The Morgan fingerprint density at radius 1 is 1.19 bits per heavy atom. The summed E-state index contributed by atoms with van der Waals surface area (Å²) in [5, 5.41) is 7.78. The number of likely N-dealkylation sites (N-methyl/N-ethyl adjacent to an activating group) is 1. The number of hydrogen-bond acceptors (Lipinski definition) is 9. The van der Waals surface area contributed by atoms with E-state index in [1.54, 1.807) is 11.1 Å². The van der Waals surface area contributed by atoms with Crippen molar-refractivity contribution < 1.29 is 18.7 Å². The molecule has 3 fully saturated rings. The maximum atomic E-state index is 14.7. The van der Waals surface area contributed by atoms with Crippen LogP contribution in [0.15, 0.2) is 37.2 Å².